The van der Waals surface area contributed by atoms with Crippen molar-refractivity contribution in [3.8, 4) is 0 Å². The van der Waals surface area contributed by atoms with Crippen molar-refractivity contribution < 1.29 is 0 Å². The van der Waals surface area contributed by atoms with Crippen molar-refractivity contribution in [2.45, 2.75) is 24.9 Å². The standard InChI is InChI=1S/C12H13ClN4/c13-10-4-2-1-3-9(10)11(14)12-16-15-7-17(12)8-5-6-8/h1-4,7-8,11H,5-6,14H2/t11-/m1/s1. The minimum Gasteiger partial charge on any atom is -0.318 e. The molecule has 5 heteroatoms. The van der Waals surface area contributed by atoms with Gasteiger partial charge in [-0.15, -0.1) is 10.2 Å². The molecule has 1 saturated carbocycles. The molecule has 0 aliphatic heterocycles. The number of rotatable bonds is 3. The van der Waals surface area contributed by atoms with Crippen LogP contribution in [0.15, 0.2) is 30.6 Å². The Morgan fingerprint density at radius 1 is 1.35 bits per heavy atom. The van der Waals surface area contributed by atoms with Gasteiger partial charge in [0.15, 0.2) is 5.82 Å². The molecule has 1 fully saturated rings. The Morgan fingerprint density at radius 2 is 2.12 bits per heavy atom. The number of nitrogens with zero attached hydrogens (tertiary/aromatic N) is 3. The van der Waals surface area contributed by atoms with Crippen LogP contribution in [0.4, 0.5) is 0 Å². The Balaban J connectivity index is 1.98. The van der Waals surface area contributed by atoms with Gasteiger partial charge in [-0.25, -0.2) is 0 Å². The van der Waals surface area contributed by atoms with Crippen LogP contribution in [0.3, 0.4) is 0 Å². The molecule has 0 saturated heterocycles. The first kappa shape index (κ1) is 10.7. The van der Waals surface area contributed by atoms with Crippen LogP contribution in [0.2, 0.25) is 5.02 Å². The molecule has 2 N–H and O–H groups in total. The number of hydrogen-bond acceptors (Lipinski definition) is 3. The van der Waals surface area contributed by atoms with Gasteiger partial charge < -0.3 is 10.3 Å². The Morgan fingerprint density at radius 3 is 2.82 bits per heavy atom. The zero-order chi connectivity index (χ0) is 11.8. The van der Waals surface area contributed by atoms with Gasteiger partial charge in [-0.05, 0) is 24.5 Å². The average Bonchev–Trinajstić information content (AvgIpc) is 3.07. The van der Waals surface area contributed by atoms with E-state index in [0.29, 0.717) is 11.1 Å². The fourth-order valence-corrected chi connectivity index (χ4v) is 2.23. The Hall–Kier alpha value is -1.39. The van der Waals surface area contributed by atoms with E-state index < -0.39 is 0 Å². The molecular weight excluding hydrogens is 236 g/mol. The number of halogens is 1. The molecule has 1 heterocycles. The molecule has 0 radical (unpaired) electrons. The zero-order valence-electron chi connectivity index (χ0n) is 9.25. The van der Waals surface area contributed by atoms with Gasteiger partial charge in [0.1, 0.15) is 6.33 Å². The SMILES string of the molecule is N[C@H](c1ccccc1Cl)c1nncn1C1CC1. The maximum absolute atomic E-state index is 6.22. The molecule has 0 bridgehead atoms. The highest BCUT2D eigenvalue weighted by Crippen LogP contribution is 2.37. The van der Waals surface area contributed by atoms with Crippen molar-refractivity contribution in [2.24, 2.45) is 5.73 Å². The van der Waals surface area contributed by atoms with E-state index in [1.54, 1.807) is 6.33 Å². The second kappa shape index (κ2) is 4.13. The number of hydrogen-bond donors (Lipinski definition) is 1. The van der Waals surface area contributed by atoms with Gasteiger partial charge in [-0.2, -0.15) is 0 Å². The minimum absolute atomic E-state index is 0.313. The predicted molar refractivity (Wildman–Crippen MR) is 65.8 cm³/mol. The summed E-state index contributed by atoms with van der Waals surface area (Å²) in [7, 11) is 0. The quantitative estimate of drug-likeness (QED) is 0.907. The van der Waals surface area contributed by atoms with E-state index in [0.717, 1.165) is 11.4 Å². The van der Waals surface area contributed by atoms with Gasteiger partial charge >= 0.3 is 0 Å². The number of aromatic nitrogens is 3. The third-order valence-electron chi connectivity index (χ3n) is 3.06. The summed E-state index contributed by atoms with van der Waals surface area (Å²) < 4.78 is 2.06. The highest BCUT2D eigenvalue weighted by molar-refractivity contribution is 6.31. The van der Waals surface area contributed by atoms with Crippen molar-refractivity contribution in [2.75, 3.05) is 0 Å². The summed E-state index contributed by atoms with van der Waals surface area (Å²) in [6.07, 6.45) is 4.12. The van der Waals surface area contributed by atoms with E-state index >= 15 is 0 Å². The molecule has 1 atom stereocenters. The summed E-state index contributed by atoms with van der Waals surface area (Å²) in [5.41, 5.74) is 7.11. The fourth-order valence-electron chi connectivity index (χ4n) is 1.97. The van der Waals surface area contributed by atoms with Gasteiger partial charge in [-0.1, -0.05) is 29.8 Å². The highest BCUT2D eigenvalue weighted by Gasteiger charge is 2.28. The van der Waals surface area contributed by atoms with E-state index in [2.05, 4.69) is 14.8 Å². The van der Waals surface area contributed by atoms with Crippen LogP contribution >= 0.6 is 11.6 Å². The predicted octanol–water partition coefficient (Wildman–Crippen LogP) is 2.31. The lowest BCUT2D eigenvalue weighted by Gasteiger charge is -2.14. The number of benzene rings is 1. The topological polar surface area (TPSA) is 56.7 Å². The molecule has 88 valence electrons. The normalized spacial score (nSPS) is 17.1. The van der Waals surface area contributed by atoms with E-state index in [9.17, 15) is 0 Å². The van der Waals surface area contributed by atoms with Crippen LogP contribution in [0.5, 0.6) is 0 Å². The fraction of sp³-hybridized carbons (Fsp3) is 0.333. The van der Waals surface area contributed by atoms with Crippen LogP contribution in [0, 0.1) is 0 Å². The van der Waals surface area contributed by atoms with E-state index in [1.807, 2.05) is 24.3 Å². The third-order valence-corrected chi connectivity index (χ3v) is 3.40. The van der Waals surface area contributed by atoms with Gasteiger partial charge in [0.05, 0.1) is 6.04 Å². The molecule has 0 amide bonds. The summed E-state index contributed by atoms with van der Waals surface area (Å²) in [6.45, 7) is 0. The largest absolute Gasteiger partial charge is 0.318 e. The Kier molecular flexibility index (Phi) is 2.61. The van der Waals surface area contributed by atoms with E-state index in [4.69, 9.17) is 17.3 Å². The summed E-state index contributed by atoms with van der Waals surface area (Å²) >= 11 is 6.15. The summed E-state index contributed by atoms with van der Waals surface area (Å²) in [5, 5.41) is 8.75. The molecule has 2 aromatic rings. The Labute approximate surface area is 104 Å². The maximum Gasteiger partial charge on any atom is 0.154 e. The highest BCUT2D eigenvalue weighted by atomic mass is 35.5. The van der Waals surface area contributed by atoms with Crippen LogP contribution < -0.4 is 5.73 Å². The Bertz CT molecular complexity index is 533. The molecular formula is C12H13ClN4. The maximum atomic E-state index is 6.22. The summed E-state index contributed by atoms with van der Waals surface area (Å²) in [5.74, 6) is 0.792. The molecule has 1 aliphatic carbocycles. The van der Waals surface area contributed by atoms with Gasteiger partial charge in [0, 0.05) is 11.1 Å². The first-order valence-electron chi connectivity index (χ1n) is 5.67. The van der Waals surface area contributed by atoms with Crippen molar-refractivity contribution >= 4 is 11.6 Å². The lowest BCUT2D eigenvalue weighted by atomic mass is 10.1. The average molecular weight is 249 g/mol. The van der Waals surface area contributed by atoms with Crippen LogP contribution in [0.1, 0.15) is 36.3 Å². The first-order valence-corrected chi connectivity index (χ1v) is 6.04. The lowest BCUT2D eigenvalue weighted by molar-refractivity contribution is 0.644. The van der Waals surface area contributed by atoms with Crippen LogP contribution in [-0.2, 0) is 0 Å². The first-order chi connectivity index (χ1) is 8.27. The molecule has 1 aliphatic rings. The molecule has 1 aromatic carbocycles. The van der Waals surface area contributed by atoms with Crippen molar-refractivity contribution in [3.05, 3.63) is 47.0 Å². The van der Waals surface area contributed by atoms with Crippen molar-refractivity contribution in [3.63, 3.8) is 0 Å². The van der Waals surface area contributed by atoms with Gasteiger partial charge in [0.25, 0.3) is 0 Å². The van der Waals surface area contributed by atoms with Crippen LogP contribution in [0.25, 0.3) is 0 Å². The second-order valence-electron chi connectivity index (χ2n) is 4.33. The molecule has 3 rings (SSSR count). The molecule has 4 nitrogen and oxygen atoms in total. The third kappa shape index (κ3) is 1.94. The van der Waals surface area contributed by atoms with E-state index in [-0.39, 0.29) is 6.04 Å². The summed E-state index contributed by atoms with van der Waals surface area (Å²) in [6, 6.07) is 7.80. The van der Waals surface area contributed by atoms with Crippen molar-refractivity contribution in [1.82, 2.24) is 14.8 Å². The van der Waals surface area contributed by atoms with Crippen LogP contribution in [-0.4, -0.2) is 14.8 Å². The second-order valence-corrected chi connectivity index (χ2v) is 4.73. The zero-order valence-corrected chi connectivity index (χ0v) is 10.0. The lowest BCUT2D eigenvalue weighted by Crippen LogP contribution is -2.17. The number of nitrogens with two attached hydrogens (primary N) is 1. The minimum atomic E-state index is -0.313. The van der Waals surface area contributed by atoms with Crippen molar-refractivity contribution in [1.29, 1.82) is 0 Å². The molecule has 1 aromatic heterocycles. The smallest absolute Gasteiger partial charge is 0.154 e. The molecule has 0 unspecified atom stereocenters. The van der Waals surface area contributed by atoms with E-state index in [1.165, 1.54) is 12.8 Å². The van der Waals surface area contributed by atoms with Gasteiger partial charge in [-0.3, -0.25) is 0 Å². The molecule has 17 heavy (non-hydrogen) atoms. The van der Waals surface area contributed by atoms with Gasteiger partial charge in [0.2, 0.25) is 0 Å². The summed E-state index contributed by atoms with van der Waals surface area (Å²) in [4.78, 5) is 0. The molecule has 0 spiro atoms. The monoisotopic (exact) mass is 248 g/mol.